The molecule has 20 heavy (non-hydrogen) atoms. The van der Waals surface area contributed by atoms with Crippen LogP contribution in [0.4, 0.5) is 0 Å². The molecule has 1 N–H and O–H groups in total. The zero-order chi connectivity index (χ0) is 15.0. The van der Waals surface area contributed by atoms with E-state index >= 15 is 0 Å². The second-order valence-electron chi connectivity index (χ2n) is 6.02. The molecule has 0 atom stereocenters. The van der Waals surface area contributed by atoms with Crippen molar-refractivity contribution in [3.05, 3.63) is 41.6 Å². The maximum atomic E-state index is 12.1. The molecule has 0 amide bonds. The van der Waals surface area contributed by atoms with Crippen LogP contribution in [0, 0.1) is 5.41 Å². The third-order valence-electron chi connectivity index (χ3n) is 3.34. The summed E-state index contributed by atoms with van der Waals surface area (Å²) in [6.07, 6.45) is 3.60. The van der Waals surface area contributed by atoms with E-state index in [2.05, 4.69) is 19.2 Å². The van der Waals surface area contributed by atoms with Crippen molar-refractivity contribution in [2.45, 2.75) is 25.2 Å². The van der Waals surface area contributed by atoms with E-state index in [9.17, 15) is 13.2 Å². The van der Waals surface area contributed by atoms with Gasteiger partial charge in [0.05, 0.1) is 4.90 Å². The van der Waals surface area contributed by atoms with Gasteiger partial charge >= 0.3 is 0 Å². The van der Waals surface area contributed by atoms with E-state index < -0.39 is 9.84 Å². The number of sulfone groups is 1. The zero-order valence-corrected chi connectivity index (χ0v) is 12.8. The first-order chi connectivity index (χ1) is 9.17. The van der Waals surface area contributed by atoms with Crippen molar-refractivity contribution in [2.75, 3.05) is 12.8 Å². The van der Waals surface area contributed by atoms with Crippen LogP contribution in [0.1, 0.15) is 30.6 Å². The Labute approximate surface area is 119 Å². The van der Waals surface area contributed by atoms with Crippen molar-refractivity contribution in [2.24, 2.45) is 5.41 Å². The van der Waals surface area contributed by atoms with Gasteiger partial charge in [-0.2, -0.15) is 0 Å². The van der Waals surface area contributed by atoms with Crippen molar-refractivity contribution in [3.8, 4) is 0 Å². The predicted molar refractivity (Wildman–Crippen MR) is 78.4 cm³/mol. The van der Waals surface area contributed by atoms with Crippen molar-refractivity contribution in [1.29, 1.82) is 0 Å². The smallest absolute Gasteiger partial charge is 0.187 e. The molecule has 1 heterocycles. The maximum absolute atomic E-state index is 12.1. The average Bonchev–Trinajstić information content (AvgIpc) is 2.67. The van der Waals surface area contributed by atoms with E-state index in [0.717, 1.165) is 24.9 Å². The summed E-state index contributed by atoms with van der Waals surface area (Å²) in [6.45, 7) is 5.15. The molecule has 5 heteroatoms. The summed E-state index contributed by atoms with van der Waals surface area (Å²) < 4.78 is 22.7. The number of benzene rings is 1. The second kappa shape index (κ2) is 5.05. The highest BCUT2D eigenvalue weighted by Crippen LogP contribution is 2.29. The zero-order valence-electron chi connectivity index (χ0n) is 11.9. The molecule has 1 aliphatic heterocycles. The number of carbonyl (C=O) groups is 1. The summed E-state index contributed by atoms with van der Waals surface area (Å²) in [4.78, 5) is 12.3. The van der Waals surface area contributed by atoms with Crippen LogP contribution in [-0.4, -0.2) is 27.0 Å². The average molecular weight is 293 g/mol. The van der Waals surface area contributed by atoms with Crippen LogP contribution in [0.15, 0.2) is 40.9 Å². The first kappa shape index (κ1) is 14.8. The summed E-state index contributed by atoms with van der Waals surface area (Å²) in [6, 6.07) is 6.03. The molecule has 108 valence electrons. The van der Waals surface area contributed by atoms with Crippen LogP contribution in [0.5, 0.6) is 0 Å². The summed E-state index contributed by atoms with van der Waals surface area (Å²) in [5.74, 6) is -0.106. The Morgan fingerprint density at radius 2 is 1.85 bits per heavy atom. The largest absolute Gasteiger partial charge is 0.388 e. The lowest BCUT2D eigenvalue weighted by Crippen LogP contribution is -2.15. The highest BCUT2D eigenvalue weighted by Gasteiger charge is 2.26. The molecule has 1 saturated heterocycles. The first-order valence-electron chi connectivity index (χ1n) is 6.46. The minimum Gasteiger partial charge on any atom is -0.388 e. The molecule has 0 spiro atoms. The number of rotatable bonds is 3. The van der Waals surface area contributed by atoms with E-state index in [-0.39, 0.29) is 16.1 Å². The predicted octanol–water partition coefficient (Wildman–Crippen LogP) is 2.18. The molecule has 1 aromatic carbocycles. The molecule has 0 aliphatic carbocycles. The maximum Gasteiger partial charge on any atom is 0.187 e. The highest BCUT2D eigenvalue weighted by molar-refractivity contribution is 7.90. The van der Waals surface area contributed by atoms with E-state index in [4.69, 9.17) is 0 Å². The van der Waals surface area contributed by atoms with Gasteiger partial charge in [0, 0.05) is 30.1 Å². The fraction of sp³-hybridized carbons (Fsp3) is 0.400. The fourth-order valence-corrected chi connectivity index (χ4v) is 2.83. The molecule has 1 aliphatic rings. The number of nitrogens with one attached hydrogen (secondary N) is 1. The standard InChI is InChI=1S/C15H19NO3S/c1-15(2)9-12(16-10-15)8-14(17)11-4-6-13(7-5-11)20(3,18)19/h4-8,16H,9-10H2,1-3H3/b12-8-. The molecule has 0 bridgehead atoms. The number of carbonyl (C=O) groups excluding carboxylic acids is 1. The topological polar surface area (TPSA) is 63.2 Å². The number of ketones is 1. The lowest BCUT2D eigenvalue weighted by Gasteiger charge is -2.12. The lowest BCUT2D eigenvalue weighted by molar-refractivity contribution is 0.104. The molecule has 0 aromatic heterocycles. The van der Waals surface area contributed by atoms with Crippen molar-refractivity contribution < 1.29 is 13.2 Å². The Balaban J connectivity index is 2.17. The van der Waals surface area contributed by atoms with Crippen molar-refractivity contribution in [1.82, 2.24) is 5.32 Å². The normalized spacial score (nSPS) is 19.9. The van der Waals surface area contributed by atoms with Gasteiger partial charge in [0.1, 0.15) is 0 Å². The van der Waals surface area contributed by atoms with E-state index in [0.29, 0.717) is 5.56 Å². The van der Waals surface area contributed by atoms with Gasteiger partial charge in [-0.3, -0.25) is 4.79 Å². The molecule has 1 aromatic rings. The van der Waals surface area contributed by atoms with Gasteiger partial charge in [0.15, 0.2) is 15.6 Å². The van der Waals surface area contributed by atoms with Crippen LogP contribution in [-0.2, 0) is 9.84 Å². The van der Waals surface area contributed by atoms with Crippen LogP contribution < -0.4 is 5.32 Å². The number of hydrogen-bond acceptors (Lipinski definition) is 4. The van der Waals surface area contributed by atoms with E-state index in [1.807, 2.05) is 0 Å². The minimum atomic E-state index is -3.22. The second-order valence-corrected chi connectivity index (χ2v) is 8.04. The molecule has 2 rings (SSSR count). The monoisotopic (exact) mass is 293 g/mol. The molecule has 0 unspecified atom stereocenters. The van der Waals surface area contributed by atoms with Gasteiger partial charge in [0.25, 0.3) is 0 Å². The van der Waals surface area contributed by atoms with Gasteiger partial charge in [-0.1, -0.05) is 13.8 Å². The van der Waals surface area contributed by atoms with Crippen LogP contribution in [0.3, 0.4) is 0 Å². The van der Waals surface area contributed by atoms with Gasteiger partial charge in [-0.05, 0) is 36.1 Å². The summed E-state index contributed by atoms with van der Waals surface area (Å²) in [5, 5.41) is 3.23. The van der Waals surface area contributed by atoms with Crippen molar-refractivity contribution in [3.63, 3.8) is 0 Å². The van der Waals surface area contributed by atoms with E-state index in [1.165, 1.54) is 12.1 Å². The third kappa shape index (κ3) is 3.48. The van der Waals surface area contributed by atoms with Crippen LogP contribution >= 0.6 is 0 Å². The van der Waals surface area contributed by atoms with Crippen molar-refractivity contribution >= 4 is 15.6 Å². The quantitative estimate of drug-likeness (QED) is 0.685. The Bertz CT molecular complexity index is 655. The highest BCUT2D eigenvalue weighted by atomic mass is 32.2. The Kier molecular flexibility index (Phi) is 3.73. The number of hydrogen-bond donors (Lipinski definition) is 1. The first-order valence-corrected chi connectivity index (χ1v) is 8.35. The van der Waals surface area contributed by atoms with Crippen LogP contribution in [0.25, 0.3) is 0 Å². The third-order valence-corrected chi connectivity index (χ3v) is 4.46. The molecule has 4 nitrogen and oxygen atoms in total. The lowest BCUT2D eigenvalue weighted by atomic mass is 9.92. The van der Waals surface area contributed by atoms with Gasteiger partial charge in [-0.25, -0.2) is 8.42 Å². The molecular formula is C15H19NO3S. The molecule has 1 fully saturated rings. The van der Waals surface area contributed by atoms with Gasteiger partial charge < -0.3 is 5.32 Å². The SMILES string of the molecule is CC1(C)CN/C(=C\C(=O)c2ccc(S(C)(=O)=O)cc2)C1. The summed E-state index contributed by atoms with van der Waals surface area (Å²) in [5.41, 5.74) is 1.61. The fourth-order valence-electron chi connectivity index (χ4n) is 2.20. The Hall–Kier alpha value is -1.62. The number of allylic oxidation sites excluding steroid dienone is 2. The van der Waals surface area contributed by atoms with Crippen LogP contribution in [0.2, 0.25) is 0 Å². The minimum absolute atomic E-state index is 0.106. The van der Waals surface area contributed by atoms with Gasteiger partial charge in [-0.15, -0.1) is 0 Å². The summed E-state index contributed by atoms with van der Waals surface area (Å²) in [7, 11) is -3.22. The van der Waals surface area contributed by atoms with E-state index in [1.54, 1.807) is 18.2 Å². The Morgan fingerprint density at radius 1 is 1.25 bits per heavy atom. The molecular weight excluding hydrogens is 274 g/mol. The molecule has 0 radical (unpaired) electrons. The summed E-state index contributed by atoms with van der Waals surface area (Å²) >= 11 is 0. The Morgan fingerprint density at radius 3 is 2.30 bits per heavy atom. The molecule has 0 saturated carbocycles. The van der Waals surface area contributed by atoms with Gasteiger partial charge in [0.2, 0.25) is 0 Å².